The first-order valence-corrected chi connectivity index (χ1v) is 11.2. The lowest BCUT2D eigenvalue weighted by Gasteiger charge is -2.49. The molecule has 0 amide bonds. The molecular weight excluding hydrogens is 348 g/mol. The van der Waals surface area contributed by atoms with Crippen LogP contribution in [-0.4, -0.2) is 41.5 Å². The maximum atomic E-state index is 13.2. The molecule has 4 heteroatoms. The van der Waals surface area contributed by atoms with Gasteiger partial charge in [-0.15, -0.1) is 0 Å². The molecule has 5 rings (SSSR count). The minimum Gasteiger partial charge on any atom is -0.464 e. The van der Waals surface area contributed by atoms with Gasteiger partial charge in [0.1, 0.15) is 5.58 Å². The largest absolute Gasteiger partial charge is 0.464 e. The number of piperazine rings is 1. The third-order valence-electron chi connectivity index (χ3n) is 7.41. The van der Waals surface area contributed by atoms with E-state index in [1.54, 1.807) is 6.26 Å². The van der Waals surface area contributed by atoms with Crippen molar-refractivity contribution in [2.45, 2.75) is 70.5 Å². The van der Waals surface area contributed by atoms with Gasteiger partial charge in [-0.1, -0.05) is 30.9 Å². The third kappa shape index (κ3) is 3.31. The molecule has 2 aliphatic heterocycles. The lowest BCUT2D eigenvalue weighted by molar-refractivity contribution is -0.00416. The fourth-order valence-electron chi connectivity index (χ4n) is 6.05. The van der Waals surface area contributed by atoms with E-state index in [0.717, 1.165) is 42.1 Å². The Morgan fingerprint density at radius 2 is 1.89 bits per heavy atom. The van der Waals surface area contributed by atoms with Crippen LogP contribution in [0.4, 0.5) is 0 Å². The zero-order valence-electron chi connectivity index (χ0n) is 17.0. The van der Waals surface area contributed by atoms with E-state index in [2.05, 4.69) is 9.80 Å². The zero-order valence-corrected chi connectivity index (χ0v) is 17.0. The first-order chi connectivity index (χ1) is 13.7. The molecule has 1 aromatic carbocycles. The minimum atomic E-state index is 0.154. The number of nitrogens with zero attached hydrogens (tertiary/aromatic N) is 2. The highest BCUT2D eigenvalue weighted by Crippen LogP contribution is 2.38. The summed E-state index contributed by atoms with van der Waals surface area (Å²) < 4.78 is 5.85. The molecule has 0 unspecified atom stereocenters. The molecule has 28 heavy (non-hydrogen) atoms. The highest BCUT2D eigenvalue weighted by atomic mass is 16.3. The van der Waals surface area contributed by atoms with E-state index in [1.165, 1.54) is 51.5 Å². The molecule has 0 radical (unpaired) electrons. The van der Waals surface area contributed by atoms with Crippen molar-refractivity contribution in [1.82, 2.24) is 9.80 Å². The summed E-state index contributed by atoms with van der Waals surface area (Å²) in [5.74, 6) is 0.786. The van der Waals surface area contributed by atoms with Crippen LogP contribution in [0.15, 0.2) is 33.7 Å². The highest BCUT2D eigenvalue weighted by molar-refractivity contribution is 5.77. The SMILES string of the molecule is Cc1ccc2occ(CN3CCN4CCC[C@@H]4[C@H]3C3CCCCC3)c(=O)c2c1. The average Bonchev–Trinajstić information content (AvgIpc) is 3.20. The van der Waals surface area contributed by atoms with Crippen LogP contribution in [0.25, 0.3) is 11.0 Å². The molecule has 1 saturated carbocycles. The Morgan fingerprint density at radius 3 is 2.75 bits per heavy atom. The van der Waals surface area contributed by atoms with Gasteiger partial charge in [0.25, 0.3) is 0 Å². The minimum absolute atomic E-state index is 0.154. The molecule has 3 heterocycles. The second-order valence-corrected chi connectivity index (χ2v) is 9.19. The number of rotatable bonds is 3. The van der Waals surface area contributed by atoms with Gasteiger partial charge in [-0.3, -0.25) is 14.6 Å². The molecule has 3 fully saturated rings. The summed E-state index contributed by atoms with van der Waals surface area (Å²) >= 11 is 0. The second kappa shape index (κ2) is 7.64. The fourth-order valence-corrected chi connectivity index (χ4v) is 6.05. The topological polar surface area (TPSA) is 36.7 Å². The number of aryl methyl sites for hydroxylation is 1. The van der Waals surface area contributed by atoms with E-state index >= 15 is 0 Å². The molecule has 0 bridgehead atoms. The third-order valence-corrected chi connectivity index (χ3v) is 7.41. The van der Waals surface area contributed by atoms with Crippen molar-refractivity contribution >= 4 is 11.0 Å². The van der Waals surface area contributed by atoms with E-state index in [0.29, 0.717) is 17.7 Å². The van der Waals surface area contributed by atoms with Crippen molar-refractivity contribution in [2.24, 2.45) is 5.92 Å². The van der Waals surface area contributed by atoms with Crippen molar-refractivity contribution < 1.29 is 4.42 Å². The first kappa shape index (κ1) is 18.4. The molecule has 3 aliphatic rings. The second-order valence-electron chi connectivity index (χ2n) is 9.19. The number of benzene rings is 1. The van der Waals surface area contributed by atoms with Crippen molar-refractivity contribution in [3.63, 3.8) is 0 Å². The van der Waals surface area contributed by atoms with Crippen LogP contribution in [0.1, 0.15) is 56.1 Å². The van der Waals surface area contributed by atoms with Crippen LogP contribution in [0, 0.1) is 12.8 Å². The molecule has 1 aromatic heterocycles. The number of hydrogen-bond donors (Lipinski definition) is 0. The molecule has 2 saturated heterocycles. The lowest BCUT2D eigenvalue weighted by Crippen LogP contribution is -2.59. The van der Waals surface area contributed by atoms with Crippen LogP contribution in [-0.2, 0) is 6.54 Å². The normalized spacial score (nSPS) is 27.3. The van der Waals surface area contributed by atoms with Gasteiger partial charge in [0.05, 0.1) is 11.6 Å². The van der Waals surface area contributed by atoms with Gasteiger partial charge in [-0.25, -0.2) is 0 Å². The van der Waals surface area contributed by atoms with E-state index < -0.39 is 0 Å². The first-order valence-electron chi connectivity index (χ1n) is 11.2. The Balaban J connectivity index is 1.46. The zero-order chi connectivity index (χ0) is 19.1. The van der Waals surface area contributed by atoms with Gasteiger partial charge in [0, 0.05) is 37.3 Å². The van der Waals surface area contributed by atoms with Gasteiger partial charge in [0.15, 0.2) is 5.43 Å². The van der Waals surface area contributed by atoms with Crippen molar-refractivity contribution in [3.05, 3.63) is 45.8 Å². The Labute approximate surface area is 167 Å². The Bertz CT molecular complexity index is 899. The van der Waals surface area contributed by atoms with Crippen LogP contribution in [0.5, 0.6) is 0 Å². The predicted octanol–water partition coefficient (Wildman–Crippen LogP) is 4.33. The summed E-state index contributed by atoms with van der Waals surface area (Å²) in [6, 6.07) is 7.18. The maximum Gasteiger partial charge on any atom is 0.197 e. The van der Waals surface area contributed by atoms with E-state index in [9.17, 15) is 4.79 Å². The molecule has 4 nitrogen and oxygen atoms in total. The fraction of sp³-hybridized carbons (Fsp3) is 0.625. The van der Waals surface area contributed by atoms with Gasteiger partial charge < -0.3 is 4.42 Å². The summed E-state index contributed by atoms with van der Waals surface area (Å²) in [5.41, 5.74) is 2.78. The number of hydrogen-bond acceptors (Lipinski definition) is 4. The summed E-state index contributed by atoms with van der Waals surface area (Å²) in [6.45, 7) is 6.25. The molecular formula is C24H32N2O2. The van der Waals surface area contributed by atoms with E-state index in [-0.39, 0.29) is 5.43 Å². The summed E-state index contributed by atoms with van der Waals surface area (Å²) in [7, 11) is 0. The highest BCUT2D eigenvalue weighted by Gasteiger charge is 2.43. The van der Waals surface area contributed by atoms with E-state index in [4.69, 9.17) is 4.42 Å². The van der Waals surface area contributed by atoms with E-state index in [1.807, 2.05) is 25.1 Å². The lowest BCUT2D eigenvalue weighted by atomic mass is 9.78. The van der Waals surface area contributed by atoms with Crippen molar-refractivity contribution in [2.75, 3.05) is 19.6 Å². The summed E-state index contributed by atoms with van der Waals surface area (Å²) in [4.78, 5) is 18.5. The Kier molecular flexibility index (Phi) is 5.02. The molecule has 0 spiro atoms. The average molecular weight is 381 g/mol. The standard InChI is InChI=1S/C24H32N2O2/c1-17-9-10-22-20(14-17)24(27)19(16-28-22)15-26-13-12-25-11-5-8-21(25)23(26)18-6-3-2-4-7-18/h9-10,14,16,18,21,23H,2-8,11-13,15H2,1H3/t21-,23-/m1/s1. The van der Waals surface area contributed by atoms with Gasteiger partial charge >= 0.3 is 0 Å². The molecule has 1 aliphatic carbocycles. The van der Waals surface area contributed by atoms with Crippen LogP contribution < -0.4 is 5.43 Å². The smallest absolute Gasteiger partial charge is 0.197 e. The van der Waals surface area contributed by atoms with Crippen molar-refractivity contribution in [1.29, 1.82) is 0 Å². The molecule has 0 N–H and O–H groups in total. The summed E-state index contributed by atoms with van der Waals surface area (Å²) in [5, 5.41) is 0.728. The number of fused-ring (bicyclic) bond motifs is 2. The Hall–Kier alpha value is -1.65. The summed E-state index contributed by atoms with van der Waals surface area (Å²) in [6.07, 6.45) is 11.2. The quantitative estimate of drug-likeness (QED) is 0.794. The van der Waals surface area contributed by atoms with Crippen LogP contribution >= 0.6 is 0 Å². The monoisotopic (exact) mass is 380 g/mol. The van der Waals surface area contributed by atoms with Crippen molar-refractivity contribution in [3.8, 4) is 0 Å². The molecule has 2 aromatic rings. The molecule has 2 atom stereocenters. The van der Waals surface area contributed by atoms with Gasteiger partial charge in [0.2, 0.25) is 0 Å². The van der Waals surface area contributed by atoms with Gasteiger partial charge in [-0.05, 0) is 57.2 Å². The van der Waals surface area contributed by atoms with Crippen LogP contribution in [0.3, 0.4) is 0 Å². The maximum absolute atomic E-state index is 13.2. The Morgan fingerprint density at radius 1 is 1.04 bits per heavy atom. The molecule has 150 valence electrons. The van der Waals surface area contributed by atoms with Crippen LogP contribution in [0.2, 0.25) is 0 Å². The predicted molar refractivity (Wildman–Crippen MR) is 113 cm³/mol. The van der Waals surface area contributed by atoms with Gasteiger partial charge in [-0.2, -0.15) is 0 Å².